The van der Waals surface area contributed by atoms with Crippen LogP contribution in [-0.2, 0) is 0 Å². The molecule has 0 spiro atoms. The van der Waals surface area contributed by atoms with Crippen LogP contribution < -0.4 is 10.5 Å². The van der Waals surface area contributed by atoms with Crippen molar-refractivity contribution in [2.75, 3.05) is 5.73 Å². The lowest BCUT2D eigenvalue weighted by Gasteiger charge is -2.14. The van der Waals surface area contributed by atoms with Crippen LogP contribution in [0.5, 0.6) is 11.5 Å². The molecule has 0 aliphatic rings. The van der Waals surface area contributed by atoms with Gasteiger partial charge in [-0.15, -0.1) is 0 Å². The van der Waals surface area contributed by atoms with Crippen molar-refractivity contribution >= 4 is 5.69 Å². The standard InChI is InChI=1S/C16H16N2O/c1-10-5-4-6-14(15(10)18)19-16-11(2)7-13(9-17)8-12(16)3/h4-8H,18H2,1-3H3. The Bertz CT molecular complexity index is 646. The maximum Gasteiger partial charge on any atom is 0.150 e. The average Bonchev–Trinajstić information content (AvgIpc) is 2.38. The zero-order chi connectivity index (χ0) is 14.0. The van der Waals surface area contributed by atoms with Crippen LogP contribution in [0.1, 0.15) is 22.3 Å². The Kier molecular flexibility index (Phi) is 3.43. The predicted molar refractivity (Wildman–Crippen MR) is 76.3 cm³/mol. The Morgan fingerprint density at radius 1 is 1.05 bits per heavy atom. The van der Waals surface area contributed by atoms with Crippen molar-refractivity contribution in [3.05, 3.63) is 52.6 Å². The van der Waals surface area contributed by atoms with Gasteiger partial charge in [-0.1, -0.05) is 12.1 Å². The molecule has 2 aromatic rings. The molecular weight excluding hydrogens is 236 g/mol. The minimum atomic E-state index is 0.638. The highest BCUT2D eigenvalue weighted by molar-refractivity contribution is 5.60. The molecule has 0 aliphatic heterocycles. The molecule has 2 rings (SSSR count). The number of nitrogens with zero attached hydrogens (tertiary/aromatic N) is 1. The average molecular weight is 252 g/mol. The van der Waals surface area contributed by atoms with E-state index >= 15 is 0 Å². The van der Waals surface area contributed by atoms with E-state index in [1.807, 2.05) is 51.1 Å². The van der Waals surface area contributed by atoms with Gasteiger partial charge in [0.1, 0.15) is 5.75 Å². The van der Waals surface area contributed by atoms with Gasteiger partial charge in [0, 0.05) is 0 Å². The fourth-order valence-corrected chi connectivity index (χ4v) is 2.03. The van der Waals surface area contributed by atoms with Crippen molar-refractivity contribution in [2.24, 2.45) is 0 Å². The second-order valence-electron chi connectivity index (χ2n) is 4.64. The number of hydrogen-bond acceptors (Lipinski definition) is 3. The summed E-state index contributed by atoms with van der Waals surface area (Å²) in [4.78, 5) is 0. The first-order valence-corrected chi connectivity index (χ1v) is 6.07. The third-order valence-electron chi connectivity index (χ3n) is 3.09. The molecule has 3 heteroatoms. The monoisotopic (exact) mass is 252 g/mol. The number of nitrogen functional groups attached to an aromatic ring is 1. The number of anilines is 1. The van der Waals surface area contributed by atoms with Gasteiger partial charge in [0.25, 0.3) is 0 Å². The number of ether oxygens (including phenoxy) is 1. The first-order valence-electron chi connectivity index (χ1n) is 6.07. The fourth-order valence-electron chi connectivity index (χ4n) is 2.03. The number of hydrogen-bond donors (Lipinski definition) is 1. The zero-order valence-corrected chi connectivity index (χ0v) is 11.3. The van der Waals surface area contributed by atoms with Crippen LogP contribution in [0.15, 0.2) is 30.3 Å². The van der Waals surface area contributed by atoms with Crippen molar-refractivity contribution in [1.82, 2.24) is 0 Å². The van der Waals surface area contributed by atoms with Crippen LogP contribution in [0.25, 0.3) is 0 Å². The van der Waals surface area contributed by atoms with Gasteiger partial charge < -0.3 is 10.5 Å². The van der Waals surface area contributed by atoms with Gasteiger partial charge in [-0.2, -0.15) is 5.26 Å². The highest BCUT2D eigenvalue weighted by Gasteiger charge is 2.10. The Labute approximate surface area is 113 Å². The van der Waals surface area contributed by atoms with Crippen LogP contribution in [0.2, 0.25) is 0 Å². The van der Waals surface area contributed by atoms with Gasteiger partial charge >= 0.3 is 0 Å². The van der Waals surface area contributed by atoms with Crippen LogP contribution in [0.3, 0.4) is 0 Å². The first-order chi connectivity index (χ1) is 9.02. The molecule has 0 aliphatic carbocycles. The van der Waals surface area contributed by atoms with Crippen LogP contribution >= 0.6 is 0 Å². The van der Waals surface area contributed by atoms with E-state index in [1.54, 1.807) is 0 Å². The van der Waals surface area contributed by atoms with Crippen LogP contribution in [-0.4, -0.2) is 0 Å². The molecule has 0 aromatic heterocycles. The van der Waals surface area contributed by atoms with Crippen molar-refractivity contribution in [1.29, 1.82) is 5.26 Å². The molecule has 0 amide bonds. The lowest BCUT2D eigenvalue weighted by molar-refractivity contribution is 0.477. The molecule has 0 saturated heterocycles. The lowest BCUT2D eigenvalue weighted by Crippen LogP contribution is -1.97. The predicted octanol–water partition coefficient (Wildman–Crippen LogP) is 3.86. The summed E-state index contributed by atoms with van der Waals surface area (Å²) in [6, 6.07) is 11.5. The van der Waals surface area contributed by atoms with Crippen molar-refractivity contribution in [3.63, 3.8) is 0 Å². The zero-order valence-electron chi connectivity index (χ0n) is 11.3. The van der Waals surface area contributed by atoms with E-state index in [-0.39, 0.29) is 0 Å². The van der Waals surface area contributed by atoms with Crippen molar-refractivity contribution in [2.45, 2.75) is 20.8 Å². The number of nitrogens with two attached hydrogens (primary N) is 1. The molecule has 0 heterocycles. The Morgan fingerprint density at radius 3 is 2.26 bits per heavy atom. The van der Waals surface area contributed by atoms with Gasteiger partial charge in [-0.3, -0.25) is 0 Å². The summed E-state index contributed by atoms with van der Waals surface area (Å²) in [5, 5.41) is 8.94. The van der Waals surface area contributed by atoms with E-state index in [2.05, 4.69) is 6.07 Å². The van der Waals surface area contributed by atoms with Gasteiger partial charge in [-0.05, 0) is 55.7 Å². The maximum atomic E-state index is 8.94. The topological polar surface area (TPSA) is 59.0 Å². The van der Waals surface area contributed by atoms with E-state index in [1.165, 1.54) is 0 Å². The highest BCUT2D eigenvalue weighted by atomic mass is 16.5. The first kappa shape index (κ1) is 13.0. The molecule has 0 atom stereocenters. The van der Waals surface area contributed by atoms with E-state index in [0.29, 0.717) is 17.0 Å². The number of aryl methyl sites for hydroxylation is 3. The van der Waals surface area contributed by atoms with E-state index in [9.17, 15) is 0 Å². The van der Waals surface area contributed by atoms with Gasteiger partial charge in [0.05, 0.1) is 17.3 Å². The molecule has 3 nitrogen and oxygen atoms in total. The summed E-state index contributed by atoms with van der Waals surface area (Å²) in [6.07, 6.45) is 0. The summed E-state index contributed by atoms with van der Waals surface area (Å²) in [6.45, 7) is 5.80. The second-order valence-corrected chi connectivity index (χ2v) is 4.64. The molecule has 2 N–H and O–H groups in total. The van der Waals surface area contributed by atoms with Crippen LogP contribution in [0, 0.1) is 32.1 Å². The second kappa shape index (κ2) is 5.03. The molecule has 0 bridgehead atoms. The fraction of sp³-hybridized carbons (Fsp3) is 0.188. The number of benzene rings is 2. The number of rotatable bonds is 2. The summed E-state index contributed by atoms with van der Waals surface area (Å²) in [5.74, 6) is 1.41. The quantitative estimate of drug-likeness (QED) is 0.826. The molecule has 0 fully saturated rings. The minimum absolute atomic E-state index is 0.638. The smallest absolute Gasteiger partial charge is 0.150 e. The highest BCUT2D eigenvalue weighted by Crippen LogP contribution is 2.33. The number of nitriles is 1. The maximum absolute atomic E-state index is 8.94. The summed E-state index contributed by atoms with van der Waals surface area (Å²) < 4.78 is 5.92. The van der Waals surface area contributed by atoms with Crippen molar-refractivity contribution < 1.29 is 4.74 Å². The summed E-state index contributed by atoms with van der Waals surface area (Å²) >= 11 is 0. The molecule has 19 heavy (non-hydrogen) atoms. The van der Waals surface area contributed by atoms with Gasteiger partial charge in [0.15, 0.2) is 5.75 Å². The molecule has 96 valence electrons. The number of para-hydroxylation sites is 1. The minimum Gasteiger partial charge on any atom is -0.455 e. The molecule has 2 aromatic carbocycles. The lowest BCUT2D eigenvalue weighted by atomic mass is 10.1. The summed E-state index contributed by atoms with van der Waals surface area (Å²) in [7, 11) is 0. The van der Waals surface area contributed by atoms with Crippen molar-refractivity contribution in [3.8, 4) is 17.6 Å². The van der Waals surface area contributed by atoms with E-state index in [4.69, 9.17) is 15.7 Å². The SMILES string of the molecule is Cc1cccc(Oc2c(C)cc(C#N)cc2C)c1N. The molecule has 0 radical (unpaired) electrons. The normalized spacial score (nSPS) is 10.0. The Morgan fingerprint density at radius 2 is 1.68 bits per heavy atom. The Hall–Kier alpha value is -2.47. The third kappa shape index (κ3) is 2.53. The Balaban J connectivity index is 2.45. The molecule has 0 saturated carbocycles. The molecule has 0 unspecified atom stereocenters. The third-order valence-corrected chi connectivity index (χ3v) is 3.09. The van der Waals surface area contributed by atoms with Crippen LogP contribution in [0.4, 0.5) is 5.69 Å². The van der Waals surface area contributed by atoms with Gasteiger partial charge in [-0.25, -0.2) is 0 Å². The van der Waals surface area contributed by atoms with Gasteiger partial charge in [0.2, 0.25) is 0 Å². The van der Waals surface area contributed by atoms with E-state index in [0.717, 1.165) is 22.4 Å². The largest absolute Gasteiger partial charge is 0.455 e. The summed E-state index contributed by atoms with van der Waals surface area (Å²) in [5.41, 5.74) is 10.1. The van der Waals surface area contributed by atoms with E-state index < -0.39 is 0 Å². The molecular formula is C16H16N2O.